The van der Waals surface area contributed by atoms with Crippen LogP contribution in [0.25, 0.3) is 10.9 Å². The van der Waals surface area contributed by atoms with Crippen LogP contribution in [0.4, 0.5) is 0 Å². The second kappa shape index (κ2) is 6.56. The lowest BCUT2D eigenvalue weighted by Gasteiger charge is -2.29. The Morgan fingerprint density at radius 1 is 1.11 bits per heavy atom. The third-order valence-corrected chi connectivity index (χ3v) is 4.51. The molecule has 0 fully saturated rings. The van der Waals surface area contributed by atoms with E-state index in [1.165, 1.54) is 0 Å². The zero-order valence-corrected chi connectivity index (χ0v) is 12.5. The molecule has 2 aromatic rings. The van der Waals surface area contributed by atoms with E-state index in [0.717, 1.165) is 23.0 Å². The van der Waals surface area contributed by atoms with Gasteiger partial charge in [0, 0.05) is 29.2 Å². The number of nitrogens with zero attached hydrogens (tertiary/aromatic N) is 1. The number of pyridine rings is 1. The van der Waals surface area contributed by atoms with Gasteiger partial charge in [-0.2, -0.15) is 0 Å². The number of hydrogen-bond acceptors (Lipinski definition) is 2. The van der Waals surface area contributed by atoms with Gasteiger partial charge in [-0.25, -0.2) is 0 Å². The maximum atomic E-state index is 6.02. The maximum Gasteiger partial charge on any atom is 0.0705 e. The van der Waals surface area contributed by atoms with Crippen LogP contribution in [-0.4, -0.2) is 22.3 Å². The molecule has 19 heavy (non-hydrogen) atoms. The van der Waals surface area contributed by atoms with E-state index < -0.39 is 0 Å². The van der Waals surface area contributed by atoms with Crippen LogP contribution in [0.1, 0.15) is 19.0 Å². The van der Waals surface area contributed by atoms with Crippen molar-refractivity contribution in [1.82, 2.24) is 10.3 Å². The fourth-order valence-electron chi connectivity index (χ4n) is 1.93. The Labute approximate surface area is 124 Å². The molecule has 1 aromatic carbocycles. The Morgan fingerprint density at radius 2 is 1.84 bits per heavy atom. The van der Waals surface area contributed by atoms with Gasteiger partial charge in [0.15, 0.2) is 0 Å². The van der Waals surface area contributed by atoms with E-state index in [2.05, 4.69) is 29.4 Å². The van der Waals surface area contributed by atoms with E-state index in [0.29, 0.717) is 18.3 Å². The van der Waals surface area contributed by atoms with Gasteiger partial charge >= 0.3 is 0 Å². The van der Waals surface area contributed by atoms with Crippen LogP contribution in [-0.2, 0) is 6.54 Å². The zero-order valence-electron chi connectivity index (χ0n) is 11.0. The molecule has 2 nitrogen and oxygen atoms in total. The highest BCUT2D eigenvalue weighted by molar-refractivity contribution is 6.22. The lowest BCUT2D eigenvalue weighted by Crippen LogP contribution is -2.48. The molecule has 1 aromatic heterocycles. The molecule has 102 valence electrons. The van der Waals surface area contributed by atoms with Crippen LogP contribution in [0.5, 0.6) is 0 Å². The monoisotopic (exact) mass is 296 g/mol. The number of para-hydroxylation sites is 1. The molecular weight excluding hydrogens is 279 g/mol. The minimum absolute atomic E-state index is 0.212. The summed E-state index contributed by atoms with van der Waals surface area (Å²) in [5.41, 5.74) is 1.81. The second-order valence-corrected chi connectivity index (χ2v) is 5.28. The van der Waals surface area contributed by atoms with Crippen molar-refractivity contribution in [3.63, 3.8) is 0 Å². The lowest BCUT2D eigenvalue weighted by molar-refractivity contribution is 0.382. The number of fused-ring (bicyclic) bond motifs is 1. The fraction of sp³-hybridized carbons (Fsp3) is 0.400. The minimum Gasteiger partial charge on any atom is -0.303 e. The van der Waals surface area contributed by atoms with Crippen LogP contribution >= 0.6 is 23.2 Å². The number of hydrogen-bond donors (Lipinski definition) is 1. The van der Waals surface area contributed by atoms with Gasteiger partial charge in [-0.1, -0.05) is 31.2 Å². The van der Waals surface area contributed by atoms with Gasteiger partial charge in [0.1, 0.15) is 0 Å². The highest BCUT2D eigenvalue weighted by atomic mass is 35.5. The van der Waals surface area contributed by atoms with Crippen molar-refractivity contribution in [2.45, 2.75) is 25.4 Å². The van der Waals surface area contributed by atoms with Crippen molar-refractivity contribution in [3.8, 4) is 0 Å². The molecule has 0 unspecified atom stereocenters. The summed E-state index contributed by atoms with van der Waals surface area (Å²) in [6.07, 6.45) is 0.896. The number of nitrogens with one attached hydrogen (secondary N) is 1. The molecule has 0 spiro atoms. The first kappa shape index (κ1) is 14.6. The molecule has 0 bridgehead atoms. The number of aromatic nitrogens is 1. The molecule has 1 heterocycles. The quantitative estimate of drug-likeness (QED) is 0.817. The zero-order chi connectivity index (χ0) is 13.7. The second-order valence-electron chi connectivity index (χ2n) is 4.75. The first-order chi connectivity index (χ1) is 9.23. The summed E-state index contributed by atoms with van der Waals surface area (Å²) in [5, 5.41) is 4.59. The Morgan fingerprint density at radius 3 is 2.53 bits per heavy atom. The summed E-state index contributed by atoms with van der Waals surface area (Å²) in [4.78, 5) is 4.63. The van der Waals surface area contributed by atoms with E-state index >= 15 is 0 Å². The van der Waals surface area contributed by atoms with Crippen LogP contribution in [0.15, 0.2) is 36.4 Å². The molecule has 2 rings (SSSR count). The minimum atomic E-state index is -0.212. The van der Waals surface area contributed by atoms with E-state index in [1.807, 2.05) is 24.3 Å². The largest absolute Gasteiger partial charge is 0.303 e. The molecule has 0 saturated carbocycles. The van der Waals surface area contributed by atoms with Crippen LogP contribution in [0, 0.1) is 0 Å². The van der Waals surface area contributed by atoms with Gasteiger partial charge in [0.25, 0.3) is 0 Å². The molecule has 0 aliphatic rings. The number of halogens is 2. The molecule has 1 N–H and O–H groups in total. The van der Waals surface area contributed by atoms with E-state index in [1.54, 1.807) is 0 Å². The normalized spacial score (nSPS) is 11.9. The van der Waals surface area contributed by atoms with Gasteiger partial charge in [-0.3, -0.25) is 4.98 Å². The van der Waals surface area contributed by atoms with Gasteiger partial charge in [-0.05, 0) is 18.6 Å². The van der Waals surface area contributed by atoms with Gasteiger partial charge in [0.2, 0.25) is 0 Å². The van der Waals surface area contributed by atoms with E-state index in [9.17, 15) is 0 Å². The van der Waals surface area contributed by atoms with Crippen molar-refractivity contribution in [2.24, 2.45) is 0 Å². The van der Waals surface area contributed by atoms with Crippen molar-refractivity contribution in [3.05, 3.63) is 42.1 Å². The molecule has 0 atom stereocenters. The summed E-state index contributed by atoms with van der Waals surface area (Å²) in [5.74, 6) is 1.00. The summed E-state index contributed by atoms with van der Waals surface area (Å²) in [6.45, 7) is 2.77. The Kier molecular flexibility index (Phi) is 5.03. The van der Waals surface area contributed by atoms with Gasteiger partial charge in [-0.15, -0.1) is 23.2 Å². The van der Waals surface area contributed by atoms with Crippen molar-refractivity contribution >= 4 is 34.1 Å². The molecule has 0 saturated heterocycles. The molecule has 0 aliphatic carbocycles. The average molecular weight is 297 g/mol. The standard InChI is InChI=1S/C15H18Cl2N2/c1-2-15(10-16,11-17)18-9-13-8-7-12-5-3-4-6-14(12)19-13/h3-8,18H,2,9-11H2,1H3. The predicted molar refractivity (Wildman–Crippen MR) is 83.0 cm³/mol. The van der Waals surface area contributed by atoms with Gasteiger partial charge in [0.05, 0.1) is 11.2 Å². The third-order valence-electron chi connectivity index (χ3n) is 3.49. The molecular formula is C15H18Cl2N2. The topological polar surface area (TPSA) is 24.9 Å². The number of rotatable bonds is 6. The lowest BCUT2D eigenvalue weighted by atomic mass is 10.0. The highest BCUT2D eigenvalue weighted by Crippen LogP contribution is 2.17. The Bertz CT molecular complexity index is 530. The summed E-state index contributed by atoms with van der Waals surface area (Å²) >= 11 is 12.0. The molecule has 0 amide bonds. The average Bonchev–Trinajstić information content (AvgIpc) is 2.49. The van der Waals surface area contributed by atoms with Crippen molar-refractivity contribution in [1.29, 1.82) is 0 Å². The van der Waals surface area contributed by atoms with Crippen LogP contribution < -0.4 is 5.32 Å². The van der Waals surface area contributed by atoms with E-state index in [-0.39, 0.29) is 5.54 Å². The molecule has 0 aliphatic heterocycles. The number of benzene rings is 1. The van der Waals surface area contributed by atoms with Crippen molar-refractivity contribution < 1.29 is 0 Å². The maximum absolute atomic E-state index is 6.02. The smallest absolute Gasteiger partial charge is 0.0705 e. The first-order valence-corrected chi connectivity index (χ1v) is 7.51. The summed E-state index contributed by atoms with van der Waals surface area (Å²) in [7, 11) is 0. The Hall–Kier alpha value is -0.830. The number of alkyl halides is 2. The van der Waals surface area contributed by atoms with Crippen LogP contribution in [0.2, 0.25) is 0 Å². The fourth-order valence-corrected chi connectivity index (χ4v) is 2.78. The van der Waals surface area contributed by atoms with E-state index in [4.69, 9.17) is 23.2 Å². The van der Waals surface area contributed by atoms with Gasteiger partial charge < -0.3 is 5.32 Å². The highest BCUT2D eigenvalue weighted by Gasteiger charge is 2.25. The molecule has 4 heteroatoms. The summed E-state index contributed by atoms with van der Waals surface area (Å²) in [6, 6.07) is 12.2. The first-order valence-electron chi connectivity index (χ1n) is 6.44. The Balaban J connectivity index is 2.13. The predicted octanol–water partition coefficient (Wildman–Crippen LogP) is 3.95. The molecule has 0 radical (unpaired) electrons. The SMILES string of the molecule is CCC(CCl)(CCl)NCc1ccc2ccccc2n1. The third kappa shape index (κ3) is 3.38. The summed E-state index contributed by atoms with van der Waals surface area (Å²) < 4.78 is 0. The van der Waals surface area contributed by atoms with Crippen LogP contribution in [0.3, 0.4) is 0 Å². The van der Waals surface area contributed by atoms with Crippen molar-refractivity contribution in [2.75, 3.05) is 11.8 Å².